The molecular formula is C18H17Cl2N3OS. The fourth-order valence-electron chi connectivity index (χ4n) is 2.72. The fourth-order valence-corrected chi connectivity index (χ4v) is 3.66. The molecule has 0 aliphatic rings. The van der Waals surface area contributed by atoms with Crippen molar-refractivity contribution in [3.8, 4) is 11.1 Å². The van der Waals surface area contributed by atoms with E-state index in [0.717, 1.165) is 6.54 Å². The van der Waals surface area contributed by atoms with Crippen molar-refractivity contribution >= 4 is 46.0 Å². The van der Waals surface area contributed by atoms with Crippen LogP contribution < -0.4 is 5.43 Å². The van der Waals surface area contributed by atoms with Gasteiger partial charge in [0.1, 0.15) is 5.65 Å². The van der Waals surface area contributed by atoms with E-state index in [9.17, 15) is 4.79 Å². The molecule has 0 radical (unpaired) electrons. The van der Waals surface area contributed by atoms with Crippen molar-refractivity contribution in [2.75, 3.05) is 6.26 Å². The predicted octanol–water partition coefficient (Wildman–Crippen LogP) is 5.14. The molecular weight excluding hydrogens is 377 g/mol. The zero-order chi connectivity index (χ0) is 18.1. The van der Waals surface area contributed by atoms with Crippen molar-refractivity contribution in [3.05, 3.63) is 50.9 Å². The molecule has 3 rings (SSSR count). The number of thioether (sulfide) groups is 1. The van der Waals surface area contributed by atoms with Crippen LogP contribution in [0.15, 0.2) is 40.5 Å². The Morgan fingerprint density at radius 3 is 2.52 bits per heavy atom. The second-order valence-electron chi connectivity index (χ2n) is 6.11. The molecule has 0 aliphatic heterocycles. The number of fused-ring (bicyclic) bond motifs is 1. The van der Waals surface area contributed by atoms with Crippen molar-refractivity contribution < 1.29 is 0 Å². The van der Waals surface area contributed by atoms with Gasteiger partial charge in [0.15, 0.2) is 5.16 Å². The maximum atomic E-state index is 13.1. The summed E-state index contributed by atoms with van der Waals surface area (Å²) in [6.45, 7) is 4.95. The Bertz CT molecular complexity index is 981. The predicted molar refractivity (Wildman–Crippen MR) is 106 cm³/mol. The van der Waals surface area contributed by atoms with Crippen LogP contribution in [-0.2, 0) is 6.54 Å². The number of pyridine rings is 1. The molecule has 0 fully saturated rings. The molecule has 130 valence electrons. The first kappa shape index (κ1) is 18.2. The third-order valence-electron chi connectivity index (χ3n) is 3.77. The van der Waals surface area contributed by atoms with E-state index in [4.69, 9.17) is 23.2 Å². The lowest BCUT2D eigenvalue weighted by Crippen LogP contribution is -2.16. The van der Waals surface area contributed by atoms with E-state index in [1.165, 1.54) is 11.8 Å². The monoisotopic (exact) mass is 393 g/mol. The second-order valence-corrected chi connectivity index (χ2v) is 7.70. The van der Waals surface area contributed by atoms with Crippen LogP contribution in [0.4, 0.5) is 0 Å². The largest absolute Gasteiger partial charge is 0.331 e. The van der Waals surface area contributed by atoms with Crippen LogP contribution in [0.5, 0.6) is 0 Å². The Hall–Kier alpha value is -1.56. The van der Waals surface area contributed by atoms with E-state index in [-0.39, 0.29) is 5.43 Å². The lowest BCUT2D eigenvalue weighted by atomic mass is 10.1. The minimum atomic E-state index is -0.169. The van der Waals surface area contributed by atoms with Gasteiger partial charge in [-0.05, 0) is 24.3 Å². The van der Waals surface area contributed by atoms with E-state index in [0.29, 0.717) is 43.3 Å². The minimum absolute atomic E-state index is 0.169. The van der Waals surface area contributed by atoms with E-state index in [1.54, 1.807) is 30.6 Å². The van der Waals surface area contributed by atoms with Gasteiger partial charge in [-0.25, -0.2) is 9.97 Å². The first-order chi connectivity index (χ1) is 11.9. The molecule has 7 heteroatoms. The summed E-state index contributed by atoms with van der Waals surface area (Å²) >= 11 is 14.1. The maximum Gasteiger partial charge on any atom is 0.200 e. The standard InChI is InChI=1S/C18H17Cl2N3OS/c1-10(2)8-23-9-12(15-13(19)5-4-6-14(15)20)16(24)11-7-21-18(25-3)22-17(11)23/h4-7,9-10H,8H2,1-3H3. The van der Waals surface area contributed by atoms with Crippen molar-refractivity contribution in [2.45, 2.75) is 25.5 Å². The van der Waals surface area contributed by atoms with Gasteiger partial charge in [-0.2, -0.15) is 0 Å². The maximum absolute atomic E-state index is 13.1. The molecule has 0 unspecified atom stereocenters. The van der Waals surface area contributed by atoms with Crippen LogP contribution in [0.25, 0.3) is 22.2 Å². The Labute approximate surface area is 160 Å². The van der Waals surface area contributed by atoms with Crippen molar-refractivity contribution in [2.24, 2.45) is 5.92 Å². The first-order valence-electron chi connectivity index (χ1n) is 7.81. The Morgan fingerprint density at radius 1 is 1.24 bits per heavy atom. The molecule has 2 aromatic heterocycles. The highest BCUT2D eigenvalue weighted by Crippen LogP contribution is 2.33. The van der Waals surface area contributed by atoms with Gasteiger partial charge in [-0.1, -0.05) is 54.9 Å². The van der Waals surface area contributed by atoms with E-state index in [1.807, 2.05) is 10.8 Å². The summed E-state index contributed by atoms with van der Waals surface area (Å²) in [5.41, 5.74) is 1.47. The normalized spacial score (nSPS) is 11.4. The van der Waals surface area contributed by atoms with Crippen LogP contribution in [0.2, 0.25) is 10.0 Å². The van der Waals surface area contributed by atoms with E-state index >= 15 is 0 Å². The number of halogens is 2. The summed E-state index contributed by atoms with van der Waals surface area (Å²) in [4.78, 5) is 21.8. The highest BCUT2D eigenvalue weighted by molar-refractivity contribution is 7.98. The number of benzene rings is 1. The number of nitrogens with zero attached hydrogens (tertiary/aromatic N) is 3. The molecule has 4 nitrogen and oxygen atoms in total. The first-order valence-corrected chi connectivity index (χ1v) is 9.79. The van der Waals surface area contributed by atoms with Gasteiger partial charge in [-0.3, -0.25) is 4.79 Å². The molecule has 0 spiro atoms. The second kappa shape index (κ2) is 7.36. The van der Waals surface area contributed by atoms with Crippen LogP contribution >= 0.6 is 35.0 Å². The van der Waals surface area contributed by atoms with Gasteiger partial charge in [-0.15, -0.1) is 0 Å². The lowest BCUT2D eigenvalue weighted by molar-refractivity contribution is 0.529. The quantitative estimate of drug-likeness (QED) is 0.454. The molecule has 0 N–H and O–H groups in total. The lowest BCUT2D eigenvalue weighted by Gasteiger charge is -2.16. The Kier molecular flexibility index (Phi) is 5.37. The Morgan fingerprint density at radius 2 is 1.92 bits per heavy atom. The van der Waals surface area contributed by atoms with Crippen LogP contribution in [-0.4, -0.2) is 20.8 Å². The zero-order valence-corrected chi connectivity index (χ0v) is 16.4. The summed E-state index contributed by atoms with van der Waals surface area (Å²) in [6.07, 6.45) is 5.29. The molecule has 25 heavy (non-hydrogen) atoms. The highest BCUT2D eigenvalue weighted by atomic mass is 35.5. The fraction of sp³-hybridized carbons (Fsp3) is 0.278. The minimum Gasteiger partial charge on any atom is -0.331 e. The smallest absolute Gasteiger partial charge is 0.200 e. The SMILES string of the molecule is CSc1ncc2c(=O)c(-c3c(Cl)cccc3Cl)cn(CC(C)C)c2n1. The van der Waals surface area contributed by atoms with Crippen molar-refractivity contribution in [3.63, 3.8) is 0 Å². The number of aromatic nitrogens is 3. The van der Waals surface area contributed by atoms with E-state index < -0.39 is 0 Å². The number of hydrogen-bond donors (Lipinski definition) is 0. The molecule has 1 aromatic carbocycles. The summed E-state index contributed by atoms with van der Waals surface area (Å²) in [6, 6.07) is 5.22. The highest BCUT2D eigenvalue weighted by Gasteiger charge is 2.17. The van der Waals surface area contributed by atoms with Crippen LogP contribution in [0.3, 0.4) is 0 Å². The summed E-state index contributed by atoms with van der Waals surface area (Å²) in [5, 5.41) is 1.99. The topological polar surface area (TPSA) is 47.8 Å². The van der Waals surface area contributed by atoms with Gasteiger partial charge >= 0.3 is 0 Å². The average molecular weight is 394 g/mol. The van der Waals surface area contributed by atoms with Gasteiger partial charge < -0.3 is 4.57 Å². The molecule has 3 aromatic rings. The number of hydrogen-bond acceptors (Lipinski definition) is 4. The van der Waals surface area contributed by atoms with Crippen LogP contribution in [0.1, 0.15) is 13.8 Å². The van der Waals surface area contributed by atoms with Gasteiger partial charge in [0.25, 0.3) is 0 Å². The molecule has 2 heterocycles. The average Bonchev–Trinajstić information content (AvgIpc) is 2.57. The molecule has 0 amide bonds. The third kappa shape index (κ3) is 3.54. The van der Waals surface area contributed by atoms with Crippen molar-refractivity contribution in [1.82, 2.24) is 14.5 Å². The molecule has 0 bridgehead atoms. The van der Waals surface area contributed by atoms with Gasteiger partial charge in [0.05, 0.1) is 15.4 Å². The molecule has 0 saturated heterocycles. The third-order valence-corrected chi connectivity index (χ3v) is 4.96. The summed E-state index contributed by atoms with van der Waals surface area (Å²) < 4.78 is 1.98. The summed E-state index contributed by atoms with van der Waals surface area (Å²) in [7, 11) is 0. The number of rotatable bonds is 4. The zero-order valence-electron chi connectivity index (χ0n) is 14.1. The molecule has 0 aliphatic carbocycles. The summed E-state index contributed by atoms with van der Waals surface area (Å²) in [5.74, 6) is 0.382. The van der Waals surface area contributed by atoms with E-state index in [2.05, 4.69) is 23.8 Å². The van der Waals surface area contributed by atoms with Gasteiger partial charge in [0.2, 0.25) is 5.43 Å². The van der Waals surface area contributed by atoms with Gasteiger partial charge in [0, 0.05) is 30.1 Å². The van der Waals surface area contributed by atoms with Crippen molar-refractivity contribution in [1.29, 1.82) is 0 Å². The Balaban J connectivity index is 2.38. The van der Waals surface area contributed by atoms with Crippen LogP contribution in [0, 0.1) is 5.92 Å². The molecule has 0 saturated carbocycles. The molecule has 0 atom stereocenters.